The SMILES string of the molecule is COC(=O)C1CSCN1C(=O)c1cc(O)c(O)c(O)c1. The van der Waals surface area contributed by atoms with Crippen molar-refractivity contribution in [2.24, 2.45) is 0 Å². The fourth-order valence-electron chi connectivity index (χ4n) is 1.87. The van der Waals surface area contributed by atoms with Gasteiger partial charge in [-0.3, -0.25) is 4.79 Å². The summed E-state index contributed by atoms with van der Waals surface area (Å²) in [4.78, 5) is 25.2. The van der Waals surface area contributed by atoms with Gasteiger partial charge in [0.15, 0.2) is 17.2 Å². The van der Waals surface area contributed by atoms with Crippen molar-refractivity contribution in [3.63, 3.8) is 0 Å². The number of phenols is 3. The van der Waals surface area contributed by atoms with Gasteiger partial charge in [0.25, 0.3) is 5.91 Å². The van der Waals surface area contributed by atoms with E-state index >= 15 is 0 Å². The molecule has 3 N–H and O–H groups in total. The molecule has 1 unspecified atom stereocenters. The van der Waals surface area contributed by atoms with E-state index in [9.17, 15) is 24.9 Å². The van der Waals surface area contributed by atoms with Crippen molar-refractivity contribution in [1.82, 2.24) is 4.90 Å². The van der Waals surface area contributed by atoms with Crippen LogP contribution >= 0.6 is 11.8 Å². The van der Waals surface area contributed by atoms with Crippen LogP contribution in [0.2, 0.25) is 0 Å². The fraction of sp³-hybridized carbons (Fsp3) is 0.333. The molecule has 0 aromatic heterocycles. The molecule has 1 amide bonds. The lowest BCUT2D eigenvalue weighted by Gasteiger charge is -2.22. The molecule has 2 rings (SSSR count). The molecule has 0 spiro atoms. The quantitative estimate of drug-likeness (QED) is 0.539. The number of amides is 1. The number of hydrogen-bond donors (Lipinski definition) is 3. The highest BCUT2D eigenvalue weighted by molar-refractivity contribution is 7.99. The molecule has 7 nitrogen and oxygen atoms in total. The van der Waals surface area contributed by atoms with Crippen LogP contribution in [0.15, 0.2) is 12.1 Å². The standard InChI is InChI=1S/C12H13NO6S/c1-19-12(18)7-4-20-5-13(7)11(17)6-2-8(14)10(16)9(15)3-6/h2-3,7,14-16H,4-5H2,1H3. The average molecular weight is 299 g/mol. The minimum absolute atomic E-state index is 0.0193. The molecular weight excluding hydrogens is 286 g/mol. The predicted molar refractivity (Wildman–Crippen MR) is 70.7 cm³/mol. The third-order valence-corrected chi connectivity index (χ3v) is 3.95. The van der Waals surface area contributed by atoms with Crippen LogP contribution in [0.3, 0.4) is 0 Å². The zero-order chi connectivity index (χ0) is 14.9. The first kappa shape index (κ1) is 14.3. The van der Waals surface area contributed by atoms with E-state index in [1.54, 1.807) is 0 Å². The number of ether oxygens (including phenoxy) is 1. The lowest BCUT2D eigenvalue weighted by molar-refractivity contribution is -0.144. The molecule has 108 valence electrons. The van der Waals surface area contributed by atoms with E-state index in [1.165, 1.54) is 23.8 Å². The summed E-state index contributed by atoms with van der Waals surface area (Å²) < 4.78 is 4.63. The van der Waals surface area contributed by atoms with Gasteiger partial charge in [-0.1, -0.05) is 0 Å². The second kappa shape index (κ2) is 5.49. The molecule has 1 aliphatic heterocycles. The Morgan fingerprint density at radius 1 is 1.30 bits per heavy atom. The van der Waals surface area contributed by atoms with Crippen LogP contribution in [-0.2, 0) is 9.53 Å². The summed E-state index contributed by atoms with van der Waals surface area (Å²) in [7, 11) is 1.24. The molecule has 1 heterocycles. The summed E-state index contributed by atoms with van der Waals surface area (Å²) in [5.74, 6) is -2.21. The number of rotatable bonds is 2. The molecule has 1 aromatic carbocycles. The van der Waals surface area contributed by atoms with Gasteiger partial charge >= 0.3 is 5.97 Å². The van der Waals surface area contributed by atoms with Gasteiger partial charge < -0.3 is 25.0 Å². The minimum Gasteiger partial charge on any atom is -0.504 e. The molecule has 1 fully saturated rings. The lowest BCUT2D eigenvalue weighted by Crippen LogP contribution is -2.42. The van der Waals surface area contributed by atoms with Gasteiger partial charge in [-0.25, -0.2) is 4.79 Å². The highest BCUT2D eigenvalue weighted by Crippen LogP contribution is 2.36. The van der Waals surface area contributed by atoms with Crippen LogP contribution in [0.1, 0.15) is 10.4 Å². The van der Waals surface area contributed by atoms with E-state index in [0.29, 0.717) is 11.6 Å². The van der Waals surface area contributed by atoms with Crippen LogP contribution in [0.5, 0.6) is 17.2 Å². The minimum atomic E-state index is -0.699. The molecule has 1 aromatic rings. The van der Waals surface area contributed by atoms with Crippen molar-refractivity contribution >= 4 is 23.6 Å². The summed E-state index contributed by atoms with van der Waals surface area (Å²) in [6.45, 7) is 0. The van der Waals surface area contributed by atoms with E-state index < -0.39 is 35.2 Å². The number of methoxy groups -OCH3 is 1. The Kier molecular flexibility index (Phi) is 3.93. The average Bonchev–Trinajstić information content (AvgIpc) is 2.91. The topological polar surface area (TPSA) is 107 Å². The highest BCUT2D eigenvalue weighted by atomic mass is 32.2. The van der Waals surface area contributed by atoms with Crippen molar-refractivity contribution in [2.75, 3.05) is 18.7 Å². The lowest BCUT2D eigenvalue weighted by atomic mass is 10.1. The van der Waals surface area contributed by atoms with Crippen molar-refractivity contribution in [3.8, 4) is 17.2 Å². The largest absolute Gasteiger partial charge is 0.504 e. The van der Waals surface area contributed by atoms with E-state index in [1.807, 2.05) is 0 Å². The maximum Gasteiger partial charge on any atom is 0.329 e. The zero-order valence-corrected chi connectivity index (χ0v) is 11.4. The Morgan fingerprint density at radius 3 is 2.45 bits per heavy atom. The highest BCUT2D eigenvalue weighted by Gasteiger charge is 2.36. The van der Waals surface area contributed by atoms with Crippen molar-refractivity contribution < 1.29 is 29.6 Å². The van der Waals surface area contributed by atoms with Crippen molar-refractivity contribution in [3.05, 3.63) is 17.7 Å². The van der Waals surface area contributed by atoms with Crippen LogP contribution in [-0.4, -0.2) is 56.9 Å². The van der Waals surface area contributed by atoms with Gasteiger partial charge in [0.05, 0.1) is 13.0 Å². The Hall–Kier alpha value is -2.09. The zero-order valence-electron chi connectivity index (χ0n) is 10.6. The molecule has 20 heavy (non-hydrogen) atoms. The molecule has 0 bridgehead atoms. The summed E-state index contributed by atoms with van der Waals surface area (Å²) in [5, 5.41) is 28.1. The monoisotopic (exact) mass is 299 g/mol. The summed E-state index contributed by atoms with van der Waals surface area (Å²) >= 11 is 1.40. The molecular formula is C12H13NO6S. The van der Waals surface area contributed by atoms with E-state index in [4.69, 9.17) is 0 Å². The number of carbonyl (C=O) groups is 2. The van der Waals surface area contributed by atoms with Crippen molar-refractivity contribution in [2.45, 2.75) is 6.04 Å². The van der Waals surface area contributed by atoms with E-state index in [0.717, 1.165) is 12.1 Å². The molecule has 1 atom stereocenters. The van der Waals surface area contributed by atoms with Crippen molar-refractivity contribution in [1.29, 1.82) is 0 Å². The normalized spacial score (nSPS) is 18.1. The van der Waals surface area contributed by atoms with E-state index in [-0.39, 0.29) is 5.56 Å². The number of thioether (sulfide) groups is 1. The van der Waals surface area contributed by atoms with Gasteiger partial charge in [0.2, 0.25) is 0 Å². The molecule has 0 radical (unpaired) electrons. The first-order valence-corrected chi connectivity index (χ1v) is 6.82. The van der Waals surface area contributed by atoms with Gasteiger partial charge in [0.1, 0.15) is 6.04 Å². The van der Waals surface area contributed by atoms with Gasteiger partial charge in [-0.15, -0.1) is 11.8 Å². The first-order chi connectivity index (χ1) is 9.45. The molecule has 0 aliphatic carbocycles. The maximum absolute atomic E-state index is 12.3. The summed E-state index contributed by atoms with van der Waals surface area (Å²) in [5.41, 5.74) is -0.0193. The van der Waals surface area contributed by atoms with E-state index in [2.05, 4.69) is 4.74 Å². The summed E-state index contributed by atoms with van der Waals surface area (Å²) in [6.07, 6.45) is 0. The summed E-state index contributed by atoms with van der Waals surface area (Å²) in [6, 6.07) is 1.37. The smallest absolute Gasteiger partial charge is 0.329 e. The van der Waals surface area contributed by atoms with Gasteiger partial charge in [-0.05, 0) is 12.1 Å². The van der Waals surface area contributed by atoms with Crippen LogP contribution in [0.25, 0.3) is 0 Å². The third kappa shape index (κ3) is 2.46. The van der Waals surface area contributed by atoms with Gasteiger partial charge in [0, 0.05) is 11.3 Å². The second-order valence-electron chi connectivity index (χ2n) is 4.18. The Bertz CT molecular complexity index is 538. The third-order valence-electron chi connectivity index (χ3n) is 2.93. The second-order valence-corrected chi connectivity index (χ2v) is 5.18. The van der Waals surface area contributed by atoms with Crippen LogP contribution < -0.4 is 0 Å². The Labute approximate surface area is 118 Å². The Morgan fingerprint density at radius 2 is 1.90 bits per heavy atom. The number of benzene rings is 1. The first-order valence-electron chi connectivity index (χ1n) is 5.67. The molecule has 0 saturated carbocycles. The Balaban J connectivity index is 2.29. The number of hydrogen-bond acceptors (Lipinski definition) is 7. The number of phenolic OH excluding ortho intramolecular Hbond substituents is 3. The molecule has 1 aliphatic rings. The predicted octanol–water partition coefficient (Wildman–Crippen LogP) is 0.491. The molecule has 1 saturated heterocycles. The van der Waals surface area contributed by atoms with Gasteiger partial charge in [-0.2, -0.15) is 0 Å². The number of carbonyl (C=O) groups excluding carboxylic acids is 2. The fourth-order valence-corrected chi connectivity index (χ4v) is 3.01. The van der Waals surface area contributed by atoms with Crippen LogP contribution in [0, 0.1) is 0 Å². The van der Waals surface area contributed by atoms with Crippen LogP contribution in [0.4, 0.5) is 0 Å². The number of nitrogens with zero attached hydrogens (tertiary/aromatic N) is 1. The maximum atomic E-state index is 12.3. The number of aromatic hydroxyl groups is 3. The number of esters is 1. The molecule has 8 heteroatoms.